The summed E-state index contributed by atoms with van der Waals surface area (Å²) in [6.07, 6.45) is 0. The summed E-state index contributed by atoms with van der Waals surface area (Å²) in [4.78, 5) is 5.06. The Morgan fingerprint density at radius 3 is 2.25 bits per heavy atom. The van der Waals surface area contributed by atoms with E-state index in [9.17, 15) is 0 Å². The van der Waals surface area contributed by atoms with Crippen LogP contribution in [0.15, 0.2) is 0 Å². The average Bonchev–Trinajstić information content (AvgIpc) is 2.12. The fraction of sp³-hybridized carbons (Fsp3) is 1.00. The lowest BCUT2D eigenvalue weighted by Crippen LogP contribution is -2.73. The van der Waals surface area contributed by atoms with E-state index in [1.807, 2.05) is 0 Å². The molecule has 3 heteroatoms. The van der Waals surface area contributed by atoms with Crippen LogP contribution < -0.4 is 0 Å². The number of ether oxygens (including phenoxy) is 1. The summed E-state index contributed by atoms with van der Waals surface area (Å²) in [5.74, 6) is 0. The molecule has 2 saturated heterocycles. The van der Waals surface area contributed by atoms with Gasteiger partial charge in [0.1, 0.15) is 5.60 Å². The van der Waals surface area contributed by atoms with Crippen LogP contribution in [0.4, 0.5) is 0 Å². The number of morpholine rings is 1. The van der Waals surface area contributed by atoms with E-state index in [0.29, 0.717) is 6.04 Å². The Hall–Kier alpha value is -0.120. The Labute approximate surface area is 99.7 Å². The van der Waals surface area contributed by atoms with E-state index < -0.39 is 0 Å². The second-order valence-corrected chi connectivity index (χ2v) is 6.62. The SMILES string of the molecule is CC(C)N1CCOC2(C1)CN(C(C)(C)C)C2. The van der Waals surface area contributed by atoms with Gasteiger partial charge in [-0.25, -0.2) is 0 Å². The molecule has 2 rings (SSSR count). The summed E-state index contributed by atoms with van der Waals surface area (Å²) in [5, 5.41) is 0. The molecule has 0 amide bonds. The highest BCUT2D eigenvalue weighted by atomic mass is 16.5. The summed E-state index contributed by atoms with van der Waals surface area (Å²) in [6.45, 7) is 16.7. The molecule has 2 aliphatic rings. The molecule has 2 heterocycles. The first-order chi connectivity index (χ1) is 7.32. The molecular weight excluding hydrogens is 200 g/mol. The Morgan fingerprint density at radius 1 is 1.12 bits per heavy atom. The highest BCUT2D eigenvalue weighted by Crippen LogP contribution is 2.34. The molecule has 0 aromatic rings. The molecule has 2 aliphatic heterocycles. The van der Waals surface area contributed by atoms with Gasteiger partial charge in [0.25, 0.3) is 0 Å². The molecule has 3 nitrogen and oxygen atoms in total. The molecule has 0 unspecified atom stereocenters. The number of nitrogens with zero attached hydrogens (tertiary/aromatic N) is 2. The summed E-state index contributed by atoms with van der Waals surface area (Å²) in [7, 11) is 0. The lowest BCUT2D eigenvalue weighted by molar-refractivity contribution is -0.205. The second-order valence-electron chi connectivity index (χ2n) is 6.62. The third-order valence-electron chi connectivity index (χ3n) is 3.92. The fourth-order valence-electron chi connectivity index (χ4n) is 2.63. The van der Waals surface area contributed by atoms with Crippen LogP contribution in [0.1, 0.15) is 34.6 Å². The van der Waals surface area contributed by atoms with Gasteiger partial charge in [-0.1, -0.05) is 0 Å². The van der Waals surface area contributed by atoms with Crippen molar-refractivity contribution in [2.24, 2.45) is 0 Å². The van der Waals surface area contributed by atoms with Gasteiger partial charge in [-0.05, 0) is 34.6 Å². The molecule has 0 saturated carbocycles. The summed E-state index contributed by atoms with van der Waals surface area (Å²) < 4.78 is 6.02. The van der Waals surface area contributed by atoms with Gasteiger partial charge < -0.3 is 4.74 Å². The van der Waals surface area contributed by atoms with Crippen molar-refractivity contribution >= 4 is 0 Å². The van der Waals surface area contributed by atoms with Crippen molar-refractivity contribution in [2.75, 3.05) is 32.8 Å². The van der Waals surface area contributed by atoms with Crippen molar-refractivity contribution in [2.45, 2.75) is 51.8 Å². The molecule has 0 radical (unpaired) electrons. The van der Waals surface area contributed by atoms with Gasteiger partial charge in [-0.3, -0.25) is 9.80 Å². The monoisotopic (exact) mass is 226 g/mol. The van der Waals surface area contributed by atoms with Gasteiger partial charge >= 0.3 is 0 Å². The minimum absolute atomic E-state index is 0.135. The van der Waals surface area contributed by atoms with Crippen molar-refractivity contribution in [1.82, 2.24) is 9.80 Å². The number of rotatable bonds is 1. The number of hydrogen-bond acceptors (Lipinski definition) is 3. The zero-order valence-electron chi connectivity index (χ0n) is 11.4. The molecular formula is C13H26N2O. The maximum atomic E-state index is 6.02. The summed E-state index contributed by atoms with van der Waals surface area (Å²) >= 11 is 0. The normalized spacial score (nSPS) is 27.4. The molecule has 0 aliphatic carbocycles. The van der Waals surface area contributed by atoms with Crippen LogP contribution in [0.25, 0.3) is 0 Å². The quantitative estimate of drug-likeness (QED) is 0.675. The van der Waals surface area contributed by atoms with E-state index in [-0.39, 0.29) is 11.1 Å². The predicted octanol–water partition coefficient (Wildman–Crippen LogP) is 1.58. The molecule has 94 valence electrons. The van der Waals surface area contributed by atoms with E-state index in [2.05, 4.69) is 44.4 Å². The van der Waals surface area contributed by atoms with E-state index in [4.69, 9.17) is 4.74 Å². The van der Waals surface area contributed by atoms with Gasteiger partial charge in [0.15, 0.2) is 0 Å². The second kappa shape index (κ2) is 3.97. The highest BCUT2D eigenvalue weighted by molar-refractivity contribution is 5.05. The van der Waals surface area contributed by atoms with Gasteiger partial charge in [0.05, 0.1) is 6.61 Å². The Bertz CT molecular complexity index is 251. The minimum atomic E-state index is 0.135. The Balaban J connectivity index is 1.92. The van der Waals surface area contributed by atoms with E-state index in [0.717, 1.165) is 32.8 Å². The number of hydrogen-bond donors (Lipinski definition) is 0. The van der Waals surface area contributed by atoms with Crippen LogP contribution in [-0.2, 0) is 4.74 Å². The fourth-order valence-corrected chi connectivity index (χ4v) is 2.63. The van der Waals surface area contributed by atoms with E-state index in [1.165, 1.54) is 0 Å². The number of likely N-dealkylation sites (tertiary alicyclic amines) is 1. The highest BCUT2D eigenvalue weighted by Gasteiger charge is 2.50. The van der Waals surface area contributed by atoms with Crippen molar-refractivity contribution in [3.8, 4) is 0 Å². The summed E-state index contributed by atoms with van der Waals surface area (Å²) in [5.41, 5.74) is 0.421. The molecule has 0 bridgehead atoms. The molecule has 0 aromatic heterocycles. The van der Waals surface area contributed by atoms with Crippen molar-refractivity contribution in [3.63, 3.8) is 0 Å². The van der Waals surface area contributed by atoms with E-state index in [1.54, 1.807) is 0 Å². The largest absolute Gasteiger partial charge is 0.370 e. The lowest BCUT2D eigenvalue weighted by Gasteiger charge is -2.58. The van der Waals surface area contributed by atoms with Gasteiger partial charge in [0, 0.05) is 37.8 Å². The van der Waals surface area contributed by atoms with Crippen molar-refractivity contribution in [1.29, 1.82) is 0 Å². The standard InChI is InChI=1S/C13H26N2O/c1-11(2)14-6-7-16-13(8-14)9-15(10-13)12(3,4)5/h11H,6-10H2,1-5H3. The molecule has 16 heavy (non-hydrogen) atoms. The van der Waals surface area contributed by atoms with Crippen LogP contribution in [0.2, 0.25) is 0 Å². The zero-order chi connectivity index (χ0) is 12.0. The van der Waals surface area contributed by atoms with Crippen LogP contribution in [0.5, 0.6) is 0 Å². The Kier molecular flexibility index (Phi) is 3.06. The summed E-state index contributed by atoms with van der Waals surface area (Å²) in [6, 6.07) is 0.643. The molecule has 2 fully saturated rings. The predicted molar refractivity (Wildman–Crippen MR) is 66.7 cm³/mol. The third-order valence-corrected chi connectivity index (χ3v) is 3.92. The molecule has 0 aromatic carbocycles. The molecule has 0 N–H and O–H groups in total. The van der Waals surface area contributed by atoms with Crippen molar-refractivity contribution < 1.29 is 4.74 Å². The first-order valence-electron chi connectivity index (χ1n) is 6.45. The first-order valence-corrected chi connectivity index (χ1v) is 6.45. The van der Waals surface area contributed by atoms with Crippen LogP contribution >= 0.6 is 0 Å². The molecule has 0 atom stereocenters. The third kappa shape index (κ3) is 2.27. The van der Waals surface area contributed by atoms with Gasteiger partial charge in [0.2, 0.25) is 0 Å². The van der Waals surface area contributed by atoms with Crippen LogP contribution in [0, 0.1) is 0 Å². The van der Waals surface area contributed by atoms with Crippen LogP contribution in [0.3, 0.4) is 0 Å². The lowest BCUT2D eigenvalue weighted by atomic mass is 9.86. The molecule has 1 spiro atoms. The van der Waals surface area contributed by atoms with E-state index >= 15 is 0 Å². The average molecular weight is 226 g/mol. The van der Waals surface area contributed by atoms with Gasteiger partial charge in [-0.2, -0.15) is 0 Å². The first kappa shape index (κ1) is 12.3. The maximum absolute atomic E-state index is 6.02. The maximum Gasteiger partial charge on any atom is 0.106 e. The van der Waals surface area contributed by atoms with Gasteiger partial charge in [-0.15, -0.1) is 0 Å². The van der Waals surface area contributed by atoms with Crippen molar-refractivity contribution in [3.05, 3.63) is 0 Å². The minimum Gasteiger partial charge on any atom is -0.370 e. The van der Waals surface area contributed by atoms with Crippen LogP contribution in [-0.4, -0.2) is 59.8 Å². The Morgan fingerprint density at radius 2 is 1.75 bits per heavy atom. The zero-order valence-corrected chi connectivity index (χ0v) is 11.4. The topological polar surface area (TPSA) is 15.7 Å². The smallest absolute Gasteiger partial charge is 0.106 e.